The second-order valence-electron chi connectivity index (χ2n) is 5.72. The van der Waals surface area contributed by atoms with Crippen molar-refractivity contribution in [3.05, 3.63) is 28.7 Å². The molecule has 0 unspecified atom stereocenters. The highest BCUT2D eigenvalue weighted by molar-refractivity contribution is 7.09. The number of aryl methyl sites for hydroxylation is 1. The highest BCUT2D eigenvalue weighted by Crippen LogP contribution is 2.22. The Balaban J connectivity index is 1.56. The number of aromatic nitrogens is 4. The van der Waals surface area contributed by atoms with Crippen molar-refractivity contribution in [3.63, 3.8) is 0 Å². The normalized spacial score (nSPS) is 19.4. The molecule has 1 fully saturated rings. The molecule has 0 amide bonds. The average Bonchev–Trinajstić information content (AvgIpc) is 3.21. The molecule has 0 radical (unpaired) electrons. The lowest BCUT2D eigenvalue weighted by Gasteiger charge is -2.23. The molecule has 6 heteroatoms. The predicted octanol–water partition coefficient (Wildman–Crippen LogP) is 2.74. The second-order valence-corrected chi connectivity index (χ2v) is 6.66. The third kappa shape index (κ3) is 3.89. The topological polar surface area (TPSA) is 46.8 Å². The van der Waals surface area contributed by atoms with Crippen LogP contribution in [-0.4, -0.2) is 37.2 Å². The van der Waals surface area contributed by atoms with Gasteiger partial charge in [-0.3, -0.25) is 9.58 Å². The van der Waals surface area contributed by atoms with Gasteiger partial charge in [0.05, 0.1) is 17.2 Å². The van der Waals surface area contributed by atoms with Gasteiger partial charge in [-0.1, -0.05) is 13.3 Å². The summed E-state index contributed by atoms with van der Waals surface area (Å²) in [5.41, 5.74) is 1.23. The van der Waals surface area contributed by atoms with Crippen LogP contribution in [0.2, 0.25) is 0 Å². The van der Waals surface area contributed by atoms with Crippen LogP contribution in [0.1, 0.15) is 43.3 Å². The minimum atomic E-state index is 0.562. The Bertz CT molecular complexity index is 536. The molecule has 5 nitrogen and oxygen atoms in total. The van der Waals surface area contributed by atoms with E-state index in [1.54, 1.807) is 6.33 Å². The number of hydrogen-bond donors (Lipinski definition) is 0. The van der Waals surface area contributed by atoms with E-state index in [4.69, 9.17) is 4.98 Å². The zero-order valence-corrected chi connectivity index (χ0v) is 13.4. The van der Waals surface area contributed by atoms with Crippen molar-refractivity contribution in [2.45, 2.75) is 58.2 Å². The fourth-order valence-electron chi connectivity index (χ4n) is 2.93. The molecule has 2 aromatic heterocycles. The number of nitrogens with zero attached hydrogens (tertiary/aromatic N) is 5. The first kappa shape index (κ1) is 14.7. The SMILES string of the molecule is CCCCc1nc(CN2CCC[C@@H]2Cn2cncn2)cs1. The van der Waals surface area contributed by atoms with E-state index in [9.17, 15) is 0 Å². The Morgan fingerprint density at radius 2 is 2.38 bits per heavy atom. The van der Waals surface area contributed by atoms with Gasteiger partial charge in [0.15, 0.2) is 0 Å². The first-order valence-electron chi connectivity index (χ1n) is 7.85. The third-order valence-corrected chi connectivity index (χ3v) is 5.03. The standard InChI is InChI=1S/C15H23N5S/c1-2-3-6-15-18-13(10-21-15)8-19-7-4-5-14(19)9-20-12-16-11-17-20/h10-12,14H,2-9H2,1H3/t14-/m1/s1. The molecule has 1 aliphatic heterocycles. The molecule has 0 aromatic carbocycles. The third-order valence-electron chi connectivity index (χ3n) is 4.07. The number of likely N-dealkylation sites (tertiary alicyclic amines) is 1. The molecule has 0 bridgehead atoms. The molecule has 3 heterocycles. The summed E-state index contributed by atoms with van der Waals surface area (Å²) in [6, 6.07) is 0.562. The Morgan fingerprint density at radius 1 is 1.43 bits per heavy atom. The largest absolute Gasteiger partial charge is 0.293 e. The summed E-state index contributed by atoms with van der Waals surface area (Å²) in [5, 5.41) is 7.75. The van der Waals surface area contributed by atoms with Crippen LogP contribution in [0.5, 0.6) is 0 Å². The van der Waals surface area contributed by atoms with Gasteiger partial charge in [-0.25, -0.2) is 9.97 Å². The van der Waals surface area contributed by atoms with E-state index in [0.717, 1.165) is 19.5 Å². The molecule has 21 heavy (non-hydrogen) atoms. The van der Waals surface area contributed by atoms with Crippen LogP contribution in [0, 0.1) is 0 Å². The lowest BCUT2D eigenvalue weighted by atomic mass is 10.2. The average molecular weight is 305 g/mol. The molecule has 1 aliphatic rings. The monoisotopic (exact) mass is 305 g/mol. The van der Waals surface area contributed by atoms with Crippen molar-refractivity contribution in [2.75, 3.05) is 6.54 Å². The quantitative estimate of drug-likeness (QED) is 0.789. The molecular formula is C15H23N5S. The number of rotatable bonds is 7. The Kier molecular flexibility index (Phi) is 4.98. The van der Waals surface area contributed by atoms with Gasteiger partial charge >= 0.3 is 0 Å². The van der Waals surface area contributed by atoms with Crippen LogP contribution in [0.25, 0.3) is 0 Å². The smallest absolute Gasteiger partial charge is 0.137 e. The molecule has 1 atom stereocenters. The van der Waals surface area contributed by atoms with Gasteiger partial charge in [-0.15, -0.1) is 11.3 Å². The lowest BCUT2D eigenvalue weighted by Crippen LogP contribution is -2.32. The van der Waals surface area contributed by atoms with Crippen LogP contribution >= 0.6 is 11.3 Å². The number of thiazole rings is 1. The highest BCUT2D eigenvalue weighted by atomic mass is 32.1. The van der Waals surface area contributed by atoms with Crippen LogP contribution in [0.3, 0.4) is 0 Å². The van der Waals surface area contributed by atoms with Crippen LogP contribution < -0.4 is 0 Å². The fraction of sp³-hybridized carbons (Fsp3) is 0.667. The maximum Gasteiger partial charge on any atom is 0.137 e. The van der Waals surface area contributed by atoms with Gasteiger partial charge in [0.1, 0.15) is 12.7 Å². The Labute approximate surface area is 130 Å². The minimum absolute atomic E-state index is 0.562. The van der Waals surface area contributed by atoms with E-state index in [0.29, 0.717) is 6.04 Å². The summed E-state index contributed by atoms with van der Waals surface area (Å²) in [7, 11) is 0. The van der Waals surface area contributed by atoms with E-state index < -0.39 is 0 Å². The molecule has 1 saturated heterocycles. The van der Waals surface area contributed by atoms with Crippen molar-refractivity contribution in [2.24, 2.45) is 0 Å². The van der Waals surface area contributed by atoms with Crippen LogP contribution in [-0.2, 0) is 19.5 Å². The zero-order valence-electron chi connectivity index (χ0n) is 12.6. The van der Waals surface area contributed by atoms with Gasteiger partial charge in [0, 0.05) is 18.0 Å². The van der Waals surface area contributed by atoms with Gasteiger partial charge in [0.2, 0.25) is 0 Å². The molecule has 2 aromatic rings. The van der Waals surface area contributed by atoms with Crippen molar-refractivity contribution < 1.29 is 0 Å². The number of unbranched alkanes of at least 4 members (excludes halogenated alkanes) is 1. The molecule has 0 saturated carbocycles. The summed E-state index contributed by atoms with van der Waals surface area (Å²) in [5.74, 6) is 0. The summed E-state index contributed by atoms with van der Waals surface area (Å²) < 4.78 is 1.94. The highest BCUT2D eigenvalue weighted by Gasteiger charge is 2.25. The van der Waals surface area contributed by atoms with E-state index in [1.807, 2.05) is 22.3 Å². The molecule has 0 aliphatic carbocycles. The maximum atomic E-state index is 4.78. The molecule has 3 rings (SSSR count). The van der Waals surface area contributed by atoms with Crippen LogP contribution in [0.4, 0.5) is 0 Å². The number of hydrogen-bond acceptors (Lipinski definition) is 5. The minimum Gasteiger partial charge on any atom is -0.293 e. The molecule has 114 valence electrons. The van der Waals surface area contributed by atoms with Crippen molar-refractivity contribution in [1.82, 2.24) is 24.6 Å². The lowest BCUT2D eigenvalue weighted by molar-refractivity contribution is 0.217. The van der Waals surface area contributed by atoms with E-state index in [1.165, 1.54) is 42.9 Å². The Morgan fingerprint density at radius 3 is 3.19 bits per heavy atom. The summed E-state index contributed by atoms with van der Waals surface area (Å²) in [6.45, 7) is 5.31. The zero-order chi connectivity index (χ0) is 14.5. The van der Waals surface area contributed by atoms with Gasteiger partial charge < -0.3 is 0 Å². The fourth-order valence-corrected chi connectivity index (χ4v) is 3.76. The van der Waals surface area contributed by atoms with Gasteiger partial charge in [-0.2, -0.15) is 5.10 Å². The predicted molar refractivity (Wildman–Crippen MR) is 84.2 cm³/mol. The first-order valence-corrected chi connectivity index (χ1v) is 8.73. The van der Waals surface area contributed by atoms with Crippen molar-refractivity contribution >= 4 is 11.3 Å². The summed E-state index contributed by atoms with van der Waals surface area (Å²) in [6.07, 6.45) is 9.54. The second kappa shape index (κ2) is 7.13. The summed E-state index contributed by atoms with van der Waals surface area (Å²) in [4.78, 5) is 11.4. The molecular weight excluding hydrogens is 282 g/mol. The molecule has 0 N–H and O–H groups in total. The van der Waals surface area contributed by atoms with Crippen LogP contribution in [0.15, 0.2) is 18.0 Å². The van der Waals surface area contributed by atoms with E-state index in [2.05, 4.69) is 27.3 Å². The molecule has 0 spiro atoms. The first-order chi connectivity index (χ1) is 10.3. The maximum absolute atomic E-state index is 4.78. The van der Waals surface area contributed by atoms with E-state index >= 15 is 0 Å². The Hall–Kier alpha value is -1.27. The van der Waals surface area contributed by atoms with Gasteiger partial charge in [0.25, 0.3) is 0 Å². The van der Waals surface area contributed by atoms with Crippen molar-refractivity contribution in [1.29, 1.82) is 0 Å². The van der Waals surface area contributed by atoms with Gasteiger partial charge in [-0.05, 0) is 32.2 Å². The summed E-state index contributed by atoms with van der Waals surface area (Å²) >= 11 is 1.81. The van der Waals surface area contributed by atoms with Crippen molar-refractivity contribution in [3.8, 4) is 0 Å². The van der Waals surface area contributed by atoms with E-state index in [-0.39, 0.29) is 0 Å².